The van der Waals surface area contributed by atoms with Crippen LogP contribution in [0.2, 0.25) is 0 Å². The highest BCUT2D eigenvalue weighted by Crippen LogP contribution is 2.64. The van der Waals surface area contributed by atoms with Crippen molar-refractivity contribution in [3.8, 4) is 0 Å². The van der Waals surface area contributed by atoms with Crippen molar-refractivity contribution in [1.82, 2.24) is 9.80 Å². The number of benzene rings is 1. The topological polar surface area (TPSA) is 70.1 Å². The van der Waals surface area contributed by atoms with Crippen LogP contribution in [0.4, 0.5) is 0 Å². The predicted molar refractivity (Wildman–Crippen MR) is 92.6 cm³/mol. The van der Waals surface area contributed by atoms with Gasteiger partial charge in [-0.3, -0.25) is 9.59 Å². The summed E-state index contributed by atoms with van der Waals surface area (Å²) in [4.78, 5) is 29.2. The van der Waals surface area contributed by atoms with E-state index in [4.69, 9.17) is 4.74 Å². The van der Waals surface area contributed by atoms with Gasteiger partial charge in [0.05, 0.1) is 30.6 Å². The maximum absolute atomic E-state index is 13.3. The Bertz CT molecular complexity index is 751. The molecular weight excluding hydrogens is 332 g/mol. The Morgan fingerprint density at radius 3 is 2.73 bits per heavy atom. The first-order chi connectivity index (χ1) is 12.5. The third-order valence-corrected chi connectivity index (χ3v) is 6.94. The summed E-state index contributed by atoms with van der Waals surface area (Å²) in [6.07, 6.45) is 0.151. The minimum Gasteiger partial charge on any atom is -0.390 e. The van der Waals surface area contributed by atoms with Gasteiger partial charge in [0, 0.05) is 20.0 Å². The normalized spacial score (nSPS) is 40.3. The van der Waals surface area contributed by atoms with E-state index in [0.717, 1.165) is 12.0 Å². The molecule has 5 rings (SSSR count). The molecule has 2 amide bonds. The number of aliphatic hydroxyl groups excluding tert-OH is 1. The average molecular weight is 356 g/mol. The van der Waals surface area contributed by atoms with E-state index < -0.39 is 6.10 Å². The average Bonchev–Trinajstić information content (AvgIpc) is 3.31. The van der Waals surface area contributed by atoms with Gasteiger partial charge in [0.1, 0.15) is 6.23 Å². The van der Waals surface area contributed by atoms with Crippen LogP contribution in [0.3, 0.4) is 0 Å². The largest absolute Gasteiger partial charge is 0.390 e. The predicted octanol–water partition coefficient (Wildman–Crippen LogP) is 1.02. The summed E-state index contributed by atoms with van der Waals surface area (Å²) in [5, 5.41) is 10.4. The first-order valence-electron chi connectivity index (χ1n) is 9.40. The summed E-state index contributed by atoms with van der Waals surface area (Å²) < 4.78 is 6.20. The first kappa shape index (κ1) is 16.3. The van der Waals surface area contributed by atoms with Gasteiger partial charge in [0.15, 0.2) is 0 Å². The molecule has 26 heavy (non-hydrogen) atoms. The molecule has 0 aromatic heterocycles. The van der Waals surface area contributed by atoms with E-state index in [0.29, 0.717) is 0 Å². The van der Waals surface area contributed by atoms with Crippen molar-refractivity contribution in [2.24, 2.45) is 23.7 Å². The molecule has 1 aromatic rings. The first-order valence-corrected chi connectivity index (χ1v) is 9.40. The summed E-state index contributed by atoms with van der Waals surface area (Å²) in [6, 6.07) is 9.41. The van der Waals surface area contributed by atoms with E-state index in [-0.39, 0.29) is 60.3 Å². The van der Waals surface area contributed by atoms with Crippen LogP contribution in [0.5, 0.6) is 0 Å². The lowest BCUT2D eigenvalue weighted by atomic mass is 9.80. The van der Waals surface area contributed by atoms with Gasteiger partial charge in [-0.2, -0.15) is 0 Å². The Morgan fingerprint density at radius 1 is 1.31 bits per heavy atom. The second-order valence-electron chi connectivity index (χ2n) is 8.31. The van der Waals surface area contributed by atoms with Crippen LogP contribution in [-0.2, 0) is 14.3 Å². The minimum absolute atomic E-state index is 0.0107. The van der Waals surface area contributed by atoms with Crippen molar-refractivity contribution >= 4 is 11.8 Å². The number of hydrogen-bond acceptors (Lipinski definition) is 4. The number of aliphatic hydroxyl groups is 1. The zero-order valence-electron chi connectivity index (χ0n) is 15.0. The standard InChI is InChI=1S/C20H24N2O4/c1-21(2)14(23)9-13(10-6-4-3-5-7-10)22-19(25)15-11-8-12-16(15)20(22)26-18(12)17(11)24/h3-7,11-13,15-18,20,24H,8-9H2,1-2H3. The molecule has 2 aliphatic heterocycles. The number of likely N-dealkylation sites (tertiary alicyclic amines) is 1. The van der Waals surface area contributed by atoms with Crippen LogP contribution in [-0.4, -0.2) is 59.3 Å². The van der Waals surface area contributed by atoms with Crippen molar-refractivity contribution in [3.05, 3.63) is 35.9 Å². The highest BCUT2D eigenvalue weighted by Gasteiger charge is 2.73. The van der Waals surface area contributed by atoms with E-state index in [1.807, 2.05) is 35.2 Å². The summed E-state index contributed by atoms with van der Waals surface area (Å²) in [6.45, 7) is 0. The Balaban J connectivity index is 1.52. The third kappa shape index (κ3) is 2.00. The zero-order chi connectivity index (χ0) is 18.2. The summed E-state index contributed by atoms with van der Waals surface area (Å²) in [5.74, 6) is 0.341. The molecule has 8 unspecified atom stereocenters. The highest BCUT2D eigenvalue weighted by atomic mass is 16.5. The van der Waals surface area contributed by atoms with Crippen molar-refractivity contribution in [2.75, 3.05) is 14.1 Å². The molecule has 2 heterocycles. The zero-order valence-corrected chi connectivity index (χ0v) is 15.0. The van der Waals surface area contributed by atoms with Gasteiger partial charge in [0.25, 0.3) is 0 Å². The van der Waals surface area contributed by atoms with Crippen LogP contribution in [0.15, 0.2) is 30.3 Å². The second-order valence-corrected chi connectivity index (χ2v) is 8.31. The van der Waals surface area contributed by atoms with E-state index >= 15 is 0 Å². The lowest BCUT2D eigenvalue weighted by molar-refractivity contribution is -0.157. The number of fused-ring (bicyclic) bond motifs is 2. The molecule has 138 valence electrons. The smallest absolute Gasteiger partial charge is 0.229 e. The lowest BCUT2D eigenvalue weighted by Crippen LogP contribution is -2.45. The molecule has 0 radical (unpaired) electrons. The van der Waals surface area contributed by atoms with Gasteiger partial charge in [-0.1, -0.05) is 30.3 Å². The number of nitrogens with zero attached hydrogens (tertiary/aromatic N) is 2. The van der Waals surface area contributed by atoms with Gasteiger partial charge in [-0.05, 0) is 23.8 Å². The van der Waals surface area contributed by atoms with Crippen LogP contribution in [0.1, 0.15) is 24.4 Å². The molecule has 6 nitrogen and oxygen atoms in total. The van der Waals surface area contributed by atoms with E-state index in [1.54, 1.807) is 19.0 Å². The fraction of sp³-hybridized carbons (Fsp3) is 0.600. The fourth-order valence-corrected chi connectivity index (χ4v) is 5.82. The Labute approximate surface area is 152 Å². The number of amides is 2. The second kappa shape index (κ2) is 5.54. The Hall–Kier alpha value is -1.92. The third-order valence-electron chi connectivity index (χ3n) is 6.94. The van der Waals surface area contributed by atoms with Gasteiger partial charge in [-0.15, -0.1) is 0 Å². The number of carbonyl (C=O) groups is 2. The van der Waals surface area contributed by atoms with Gasteiger partial charge < -0.3 is 19.6 Å². The molecule has 8 atom stereocenters. The number of hydrogen-bond donors (Lipinski definition) is 1. The minimum atomic E-state index is -0.518. The summed E-state index contributed by atoms with van der Waals surface area (Å²) in [7, 11) is 3.47. The van der Waals surface area contributed by atoms with Gasteiger partial charge >= 0.3 is 0 Å². The molecule has 4 fully saturated rings. The Morgan fingerprint density at radius 2 is 2.04 bits per heavy atom. The molecule has 2 saturated heterocycles. The van der Waals surface area contributed by atoms with Crippen LogP contribution < -0.4 is 0 Å². The maximum Gasteiger partial charge on any atom is 0.229 e. The molecule has 1 N–H and O–H groups in total. The number of ether oxygens (including phenoxy) is 1. The van der Waals surface area contributed by atoms with E-state index in [9.17, 15) is 14.7 Å². The summed E-state index contributed by atoms with van der Waals surface area (Å²) >= 11 is 0. The van der Waals surface area contributed by atoms with Gasteiger partial charge in [0.2, 0.25) is 11.8 Å². The van der Waals surface area contributed by atoms with Crippen molar-refractivity contribution < 1.29 is 19.4 Å². The molecular formula is C20H24N2O4. The van der Waals surface area contributed by atoms with Crippen molar-refractivity contribution in [2.45, 2.75) is 37.3 Å². The van der Waals surface area contributed by atoms with Crippen molar-refractivity contribution in [1.29, 1.82) is 0 Å². The quantitative estimate of drug-likeness (QED) is 0.874. The molecule has 1 aromatic carbocycles. The van der Waals surface area contributed by atoms with Crippen LogP contribution in [0, 0.1) is 23.7 Å². The van der Waals surface area contributed by atoms with Gasteiger partial charge in [-0.25, -0.2) is 0 Å². The molecule has 0 spiro atoms. The number of carbonyl (C=O) groups excluding carboxylic acids is 2. The maximum atomic E-state index is 13.3. The SMILES string of the molecule is CN(C)C(=O)CC(c1ccccc1)N1C(=O)C2C3CC4C(OC1C42)C3O. The highest BCUT2D eigenvalue weighted by molar-refractivity contribution is 5.85. The summed E-state index contributed by atoms with van der Waals surface area (Å²) in [5.41, 5.74) is 0.956. The molecule has 6 heteroatoms. The Kier molecular flexibility index (Phi) is 3.46. The lowest BCUT2D eigenvalue weighted by Gasteiger charge is -2.36. The molecule has 2 aliphatic carbocycles. The monoisotopic (exact) mass is 356 g/mol. The van der Waals surface area contributed by atoms with Crippen LogP contribution >= 0.6 is 0 Å². The number of rotatable bonds is 4. The van der Waals surface area contributed by atoms with Crippen molar-refractivity contribution in [3.63, 3.8) is 0 Å². The molecule has 4 aliphatic rings. The fourth-order valence-electron chi connectivity index (χ4n) is 5.82. The molecule has 2 bridgehead atoms. The van der Waals surface area contributed by atoms with Crippen LogP contribution in [0.25, 0.3) is 0 Å². The molecule has 2 saturated carbocycles. The van der Waals surface area contributed by atoms with E-state index in [1.165, 1.54) is 0 Å². The van der Waals surface area contributed by atoms with E-state index in [2.05, 4.69) is 0 Å².